The van der Waals surface area contributed by atoms with Crippen LogP contribution in [0.1, 0.15) is 51.1 Å². The van der Waals surface area contributed by atoms with Crippen molar-refractivity contribution in [1.29, 1.82) is 0 Å². The third kappa shape index (κ3) is 7.53. The first-order valence-corrected chi connectivity index (χ1v) is 18.1. The summed E-state index contributed by atoms with van der Waals surface area (Å²) in [6, 6.07) is 12.6. The number of piperidine rings is 1. The summed E-state index contributed by atoms with van der Waals surface area (Å²) in [6.07, 6.45) is 2.27. The summed E-state index contributed by atoms with van der Waals surface area (Å²) in [5.74, 6) is 6.18. The van der Waals surface area contributed by atoms with Crippen LogP contribution in [0.3, 0.4) is 0 Å². The fourth-order valence-corrected chi connectivity index (χ4v) is 8.06. The van der Waals surface area contributed by atoms with Gasteiger partial charge in [0.25, 0.3) is 0 Å². The van der Waals surface area contributed by atoms with Gasteiger partial charge >= 0.3 is 6.18 Å². The molecule has 3 fully saturated rings. The Bertz CT molecular complexity index is 1740. The van der Waals surface area contributed by atoms with Gasteiger partial charge in [-0.3, -0.25) is 0 Å². The van der Waals surface area contributed by atoms with E-state index < -0.39 is 22.6 Å². The van der Waals surface area contributed by atoms with Crippen LogP contribution in [-0.4, -0.2) is 81.9 Å². The summed E-state index contributed by atoms with van der Waals surface area (Å²) in [5, 5.41) is 7.46. The van der Waals surface area contributed by atoms with Crippen molar-refractivity contribution in [1.82, 2.24) is 9.47 Å². The Morgan fingerprint density at radius 2 is 1.79 bits per heavy atom. The maximum Gasteiger partial charge on any atom is 0.406 e. The highest BCUT2D eigenvalue weighted by Crippen LogP contribution is 2.40. The second-order valence-corrected chi connectivity index (χ2v) is 15.3. The number of anilines is 2. The third-order valence-corrected chi connectivity index (χ3v) is 11.8. The Morgan fingerprint density at radius 3 is 2.43 bits per heavy atom. The number of ether oxygens (including phenoxy) is 2. The molecule has 1 spiro atoms. The van der Waals surface area contributed by atoms with E-state index in [0.717, 1.165) is 63.1 Å². The summed E-state index contributed by atoms with van der Waals surface area (Å²) in [6.45, 7) is 4.65. The first kappa shape index (κ1) is 33.5. The molecule has 0 bridgehead atoms. The molecule has 0 amide bonds. The van der Waals surface area contributed by atoms with E-state index in [9.17, 15) is 21.6 Å². The zero-order valence-electron chi connectivity index (χ0n) is 27.0. The number of aromatic nitrogens is 1. The number of halogens is 3. The number of nitrogens with zero attached hydrogens (tertiary/aromatic N) is 2. The molecule has 254 valence electrons. The van der Waals surface area contributed by atoms with Crippen molar-refractivity contribution in [2.24, 2.45) is 5.41 Å². The van der Waals surface area contributed by atoms with Crippen molar-refractivity contribution in [2.45, 2.75) is 75.1 Å². The molecule has 47 heavy (non-hydrogen) atoms. The summed E-state index contributed by atoms with van der Waals surface area (Å²) >= 11 is 0. The largest absolute Gasteiger partial charge is 0.495 e. The molecule has 0 atom stereocenters. The van der Waals surface area contributed by atoms with E-state index in [2.05, 4.69) is 27.4 Å². The van der Waals surface area contributed by atoms with E-state index in [0.29, 0.717) is 28.4 Å². The van der Waals surface area contributed by atoms with Gasteiger partial charge in [-0.15, -0.1) is 0 Å². The topological polar surface area (TPSA) is 84.8 Å². The number of hydrogen-bond acceptors (Lipinski definition) is 7. The Morgan fingerprint density at radius 1 is 1.04 bits per heavy atom. The maximum absolute atomic E-state index is 13.7. The molecule has 3 heterocycles. The molecule has 3 aromatic rings. The van der Waals surface area contributed by atoms with Crippen LogP contribution in [0, 0.1) is 17.3 Å². The standard InChI is InChI=1S/C35H43F3N4O4S/c1-3-47(43,44)28-13-14-31(33(21-28)45-2)39-17-5-6-27-20-29-30(7-4-8-32(29)42(27)22-35(36,37)38)40-25-9-11-26(12-10-25)41-18-15-34(16-19-41)23-46-24-34/h4,7-8,13-14,20-21,25-26,39-40H,3,9-12,15-19,22-24H2,1-2H3/t25-,26-. The Balaban J connectivity index is 1.14. The van der Waals surface area contributed by atoms with Gasteiger partial charge in [-0.2, -0.15) is 13.2 Å². The van der Waals surface area contributed by atoms with Crippen molar-refractivity contribution in [3.63, 3.8) is 0 Å². The quantitative estimate of drug-likeness (QED) is 0.258. The second kappa shape index (κ2) is 13.6. The molecule has 3 aliphatic rings. The molecule has 1 aliphatic carbocycles. The van der Waals surface area contributed by atoms with Crippen molar-refractivity contribution >= 4 is 32.1 Å². The van der Waals surface area contributed by atoms with Crippen LogP contribution in [0.25, 0.3) is 10.9 Å². The minimum absolute atomic E-state index is 0.0331. The molecule has 8 nitrogen and oxygen atoms in total. The number of rotatable bonds is 9. The summed E-state index contributed by atoms with van der Waals surface area (Å²) in [7, 11) is -1.97. The first-order valence-electron chi connectivity index (χ1n) is 16.4. The van der Waals surface area contributed by atoms with Crippen molar-refractivity contribution in [3.05, 3.63) is 48.2 Å². The Labute approximate surface area is 274 Å². The number of likely N-dealkylation sites (tertiary alicyclic amines) is 1. The average Bonchev–Trinajstić information content (AvgIpc) is 3.39. The van der Waals surface area contributed by atoms with Crippen LogP contribution >= 0.6 is 0 Å². The van der Waals surface area contributed by atoms with Gasteiger partial charge in [-0.1, -0.05) is 18.9 Å². The lowest BCUT2D eigenvalue weighted by Crippen LogP contribution is -2.53. The molecular formula is C35H43F3N4O4S. The van der Waals surface area contributed by atoms with Crippen LogP contribution < -0.4 is 15.4 Å². The smallest absolute Gasteiger partial charge is 0.406 e. The van der Waals surface area contributed by atoms with E-state index in [1.165, 1.54) is 36.7 Å². The van der Waals surface area contributed by atoms with Gasteiger partial charge in [-0.05, 0) is 87.9 Å². The van der Waals surface area contributed by atoms with Crippen LogP contribution in [0.4, 0.5) is 24.5 Å². The monoisotopic (exact) mass is 672 g/mol. The van der Waals surface area contributed by atoms with E-state index >= 15 is 0 Å². The number of nitrogens with one attached hydrogen (secondary N) is 2. The molecule has 2 aromatic carbocycles. The Hall–Kier alpha value is -3.40. The lowest BCUT2D eigenvalue weighted by atomic mass is 9.76. The van der Waals surface area contributed by atoms with Crippen LogP contribution in [0.15, 0.2) is 47.4 Å². The summed E-state index contributed by atoms with van der Waals surface area (Å²) in [4.78, 5) is 2.81. The van der Waals surface area contributed by atoms with Gasteiger partial charge in [0.2, 0.25) is 0 Å². The van der Waals surface area contributed by atoms with Gasteiger partial charge in [0.05, 0.1) is 54.4 Å². The maximum atomic E-state index is 13.7. The van der Waals surface area contributed by atoms with Gasteiger partial charge in [0.15, 0.2) is 9.84 Å². The molecule has 1 saturated carbocycles. The SMILES string of the molecule is CCS(=O)(=O)c1ccc(NCC#Cc2cc3c(N[C@H]4CC[C@H](N5CCC6(CC5)COC6)CC4)cccc3n2CC(F)(F)F)c(OC)c1. The first-order chi connectivity index (χ1) is 22.5. The minimum Gasteiger partial charge on any atom is -0.495 e. The lowest BCUT2D eigenvalue weighted by Gasteiger charge is -2.49. The van der Waals surface area contributed by atoms with Gasteiger partial charge in [-0.25, -0.2) is 8.42 Å². The summed E-state index contributed by atoms with van der Waals surface area (Å²) < 4.78 is 77.8. The number of sulfone groups is 1. The highest BCUT2D eigenvalue weighted by molar-refractivity contribution is 7.91. The zero-order chi connectivity index (χ0) is 33.2. The molecule has 6 rings (SSSR count). The molecule has 2 aliphatic heterocycles. The van der Waals surface area contributed by atoms with E-state index in [4.69, 9.17) is 9.47 Å². The lowest BCUT2D eigenvalue weighted by molar-refractivity contribution is -0.143. The highest BCUT2D eigenvalue weighted by atomic mass is 32.2. The van der Waals surface area contributed by atoms with Crippen LogP contribution in [0.5, 0.6) is 5.75 Å². The molecule has 2 saturated heterocycles. The van der Waals surface area contributed by atoms with Crippen LogP contribution in [0.2, 0.25) is 0 Å². The van der Waals surface area contributed by atoms with Crippen molar-refractivity contribution < 1.29 is 31.1 Å². The second-order valence-electron chi connectivity index (χ2n) is 13.1. The van der Waals surface area contributed by atoms with E-state index in [1.807, 2.05) is 6.07 Å². The van der Waals surface area contributed by atoms with E-state index in [1.54, 1.807) is 31.2 Å². The number of benzene rings is 2. The number of hydrogen-bond donors (Lipinski definition) is 2. The van der Waals surface area contributed by atoms with E-state index in [-0.39, 0.29) is 28.9 Å². The van der Waals surface area contributed by atoms with Gasteiger partial charge < -0.3 is 29.6 Å². The predicted octanol–water partition coefficient (Wildman–Crippen LogP) is 6.30. The van der Waals surface area contributed by atoms with Crippen molar-refractivity contribution in [3.8, 4) is 17.6 Å². The minimum atomic E-state index is -4.42. The molecule has 0 unspecified atom stereocenters. The fourth-order valence-electron chi connectivity index (χ4n) is 7.16. The number of alkyl halides is 3. The number of methoxy groups -OCH3 is 1. The predicted molar refractivity (Wildman–Crippen MR) is 178 cm³/mol. The normalized spacial score (nSPS) is 21.6. The van der Waals surface area contributed by atoms with Crippen LogP contribution in [-0.2, 0) is 21.1 Å². The molecule has 2 N–H and O–H groups in total. The Kier molecular flexibility index (Phi) is 9.70. The third-order valence-electron chi connectivity index (χ3n) is 10.0. The summed E-state index contributed by atoms with van der Waals surface area (Å²) in [5.41, 5.74) is 2.54. The van der Waals surface area contributed by atoms with Gasteiger partial charge in [0, 0.05) is 34.6 Å². The fraction of sp³-hybridized carbons (Fsp3) is 0.543. The molecule has 1 aromatic heterocycles. The molecular weight excluding hydrogens is 629 g/mol. The van der Waals surface area contributed by atoms with Crippen molar-refractivity contribution in [2.75, 3.05) is 56.3 Å². The molecule has 0 radical (unpaired) electrons. The number of fused-ring (bicyclic) bond motifs is 1. The molecule has 12 heteroatoms. The zero-order valence-corrected chi connectivity index (χ0v) is 27.8. The average molecular weight is 673 g/mol. The highest BCUT2D eigenvalue weighted by Gasteiger charge is 2.42. The van der Waals surface area contributed by atoms with Gasteiger partial charge in [0.1, 0.15) is 12.3 Å².